The lowest BCUT2D eigenvalue weighted by Gasteiger charge is -2.18. The lowest BCUT2D eigenvalue weighted by Crippen LogP contribution is -2.11. The van der Waals surface area contributed by atoms with Crippen LogP contribution in [0.15, 0.2) is 92.7 Å². The molecule has 2 aromatic carbocycles. The van der Waals surface area contributed by atoms with Crippen LogP contribution >= 0.6 is 11.8 Å². The molecule has 1 fully saturated rings. The van der Waals surface area contributed by atoms with Crippen LogP contribution in [0.5, 0.6) is 0 Å². The molecular weight excluding hydrogens is 589 g/mol. The fourth-order valence-electron chi connectivity index (χ4n) is 5.25. The maximum absolute atomic E-state index is 9.05. The third-order valence-electron chi connectivity index (χ3n) is 8.07. The molecule has 0 bridgehead atoms. The number of allylic oxidation sites excluding steroid dienone is 4. The summed E-state index contributed by atoms with van der Waals surface area (Å²) in [5.74, 6) is 2.87. The smallest absolute Gasteiger partial charge is 0.171 e. The first kappa shape index (κ1) is 36.6. The molecule has 0 aliphatic carbocycles. The minimum absolute atomic E-state index is 0.408. The Balaban J connectivity index is 0.000000253. The highest BCUT2D eigenvalue weighted by molar-refractivity contribution is 7.98. The van der Waals surface area contributed by atoms with E-state index in [2.05, 4.69) is 62.1 Å². The number of benzene rings is 2. The Kier molecular flexibility index (Phi) is 15.1. The molecule has 0 saturated carbocycles. The van der Waals surface area contributed by atoms with Crippen molar-refractivity contribution in [1.82, 2.24) is 5.16 Å². The summed E-state index contributed by atoms with van der Waals surface area (Å²) in [5, 5.41) is 13.2. The van der Waals surface area contributed by atoms with E-state index in [0.29, 0.717) is 17.8 Å². The molecule has 244 valence electrons. The molecule has 7 heteroatoms. The zero-order chi connectivity index (χ0) is 33.5. The van der Waals surface area contributed by atoms with Crippen molar-refractivity contribution >= 4 is 23.5 Å². The SMILES string of the molecule is CC=N/C(C)=C(C(=C\CCC)/c1ccc(C#N)cc1)\C(N)=C(/C)CC.Cc1noc(-c2ccccc2)c1CSCC1CCC(C)O1. The van der Waals surface area contributed by atoms with Crippen molar-refractivity contribution in [2.24, 2.45) is 10.7 Å². The van der Waals surface area contributed by atoms with E-state index >= 15 is 0 Å². The van der Waals surface area contributed by atoms with Crippen molar-refractivity contribution < 1.29 is 9.26 Å². The van der Waals surface area contributed by atoms with Crippen LogP contribution in [0.1, 0.15) is 96.0 Å². The molecule has 0 radical (unpaired) electrons. The summed E-state index contributed by atoms with van der Waals surface area (Å²) in [6.45, 7) is 14.4. The van der Waals surface area contributed by atoms with Gasteiger partial charge in [0.25, 0.3) is 0 Å². The Labute approximate surface area is 280 Å². The van der Waals surface area contributed by atoms with Gasteiger partial charge in [-0.15, -0.1) is 0 Å². The first-order valence-corrected chi connectivity index (χ1v) is 17.5. The third-order valence-corrected chi connectivity index (χ3v) is 9.17. The molecule has 6 nitrogen and oxygen atoms in total. The Hall–Kier alpha value is -3.86. The molecule has 1 aliphatic rings. The summed E-state index contributed by atoms with van der Waals surface area (Å²) in [6.07, 6.45) is 10.1. The van der Waals surface area contributed by atoms with Crippen molar-refractivity contribution in [3.05, 3.63) is 106 Å². The van der Waals surface area contributed by atoms with Gasteiger partial charge in [0.1, 0.15) is 0 Å². The molecular formula is C39H50N4O2S. The fraction of sp³-hybridized carbons (Fsp3) is 0.410. The second-order valence-corrected chi connectivity index (χ2v) is 12.6. The number of nitrogens with zero attached hydrogens (tertiary/aromatic N) is 3. The van der Waals surface area contributed by atoms with Gasteiger partial charge in [0.2, 0.25) is 0 Å². The average molecular weight is 639 g/mol. The van der Waals surface area contributed by atoms with Crippen molar-refractivity contribution in [3.63, 3.8) is 0 Å². The van der Waals surface area contributed by atoms with Crippen LogP contribution in [0.2, 0.25) is 0 Å². The molecule has 2 N–H and O–H groups in total. The molecule has 3 aromatic rings. The van der Waals surface area contributed by atoms with Crippen LogP contribution in [-0.4, -0.2) is 29.3 Å². The lowest BCUT2D eigenvalue weighted by atomic mass is 9.90. The van der Waals surface area contributed by atoms with Crippen LogP contribution < -0.4 is 5.73 Å². The summed E-state index contributed by atoms with van der Waals surface area (Å²) in [7, 11) is 0. The highest BCUT2D eigenvalue weighted by Crippen LogP contribution is 2.33. The van der Waals surface area contributed by atoms with Gasteiger partial charge >= 0.3 is 0 Å². The summed E-state index contributed by atoms with van der Waals surface area (Å²) in [4.78, 5) is 4.50. The molecule has 46 heavy (non-hydrogen) atoms. The monoisotopic (exact) mass is 638 g/mol. The zero-order valence-corrected chi connectivity index (χ0v) is 29.4. The van der Waals surface area contributed by atoms with Gasteiger partial charge in [-0.2, -0.15) is 17.0 Å². The van der Waals surface area contributed by atoms with E-state index in [4.69, 9.17) is 20.3 Å². The zero-order valence-electron chi connectivity index (χ0n) is 28.6. The summed E-state index contributed by atoms with van der Waals surface area (Å²) in [5.41, 5.74) is 16.4. The standard InChI is InChI=1S/C22H29N3.C17H21NO2S/c1-6-9-10-20(19-13-11-18(15-23)12-14-19)21(17(5)25-8-3)22(24)16(4)7-2;1-12-8-9-15(19-12)10-21-11-16-13(2)18-20-17(16)14-6-4-3-5-7-14/h8,10-14H,6-7,9,24H2,1-5H3;3-7,12,15H,8-11H2,1-2H3/b20-10-,21-17-,22-16-,25-8?;. The highest BCUT2D eigenvalue weighted by atomic mass is 32.2. The summed E-state index contributed by atoms with van der Waals surface area (Å²) >= 11 is 1.91. The second-order valence-electron chi connectivity index (χ2n) is 11.6. The van der Waals surface area contributed by atoms with Crippen molar-refractivity contribution in [1.29, 1.82) is 5.26 Å². The Bertz CT molecular complexity index is 1560. The largest absolute Gasteiger partial charge is 0.398 e. The lowest BCUT2D eigenvalue weighted by molar-refractivity contribution is 0.0700. The van der Waals surface area contributed by atoms with Crippen LogP contribution in [-0.2, 0) is 10.5 Å². The number of aliphatic imine (C=N–C) groups is 1. The maximum atomic E-state index is 9.05. The van der Waals surface area contributed by atoms with Crippen molar-refractivity contribution in [2.45, 2.75) is 98.5 Å². The van der Waals surface area contributed by atoms with Crippen LogP contribution in [0.3, 0.4) is 0 Å². The van der Waals surface area contributed by atoms with E-state index in [0.717, 1.165) is 81.5 Å². The third kappa shape index (κ3) is 10.3. The molecule has 1 aliphatic heterocycles. The Morgan fingerprint density at radius 1 is 1.11 bits per heavy atom. The summed E-state index contributed by atoms with van der Waals surface area (Å²) in [6, 6.07) is 20.0. The molecule has 4 rings (SSSR count). The van der Waals surface area contributed by atoms with E-state index < -0.39 is 0 Å². The molecule has 1 aromatic heterocycles. The molecule has 2 heterocycles. The Morgan fingerprint density at radius 3 is 2.41 bits per heavy atom. The quantitative estimate of drug-likeness (QED) is 0.157. The number of thioether (sulfide) groups is 1. The topological polar surface area (TPSA) is 97.4 Å². The predicted octanol–water partition coefficient (Wildman–Crippen LogP) is 10.2. The van der Waals surface area contributed by atoms with Crippen LogP contribution in [0.25, 0.3) is 16.9 Å². The van der Waals surface area contributed by atoms with Gasteiger partial charge < -0.3 is 15.0 Å². The van der Waals surface area contributed by atoms with E-state index in [9.17, 15) is 0 Å². The van der Waals surface area contributed by atoms with E-state index in [1.807, 2.05) is 75.0 Å². The minimum atomic E-state index is 0.408. The number of rotatable bonds is 12. The van der Waals surface area contributed by atoms with Gasteiger partial charge in [0, 0.05) is 45.8 Å². The first-order chi connectivity index (χ1) is 22.2. The molecule has 1 saturated heterocycles. The highest BCUT2D eigenvalue weighted by Gasteiger charge is 2.22. The van der Waals surface area contributed by atoms with E-state index in [1.165, 1.54) is 18.4 Å². The van der Waals surface area contributed by atoms with Crippen molar-refractivity contribution in [2.75, 3.05) is 5.75 Å². The molecule has 2 atom stereocenters. The van der Waals surface area contributed by atoms with Crippen LogP contribution in [0, 0.1) is 18.3 Å². The fourth-order valence-corrected chi connectivity index (χ4v) is 6.42. The maximum Gasteiger partial charge on any atom is 0.171 e. The van der Waals surface area contributed by atoms with Crippen LogP contribution in [0.4, 0.5) is 0 Å². The number of aromatic nitrogens is 1. The molecule has 0 spiro atoms. The second kappa shape index (κ2) is 19.0. The number of nitriles is 1. The van der Waals surface area contributed by atoms with Gasteiger partial charge in [0.15, 0.2) is 5.76 Å². The average Bonchev–Trinajstić information content (AvgIpc) is 3.67. The van der Waals surface area contributed by atoms with E-state index in [-0.39, 0.29) is 0 Å². The van der Waals surface area contributed by atoms with Gasteiger partial charge in [0.05, 0.1) is 29.5 Å². The normalized spacial score (nSPS) is 17.7. The molecule has 2 unspecified atom stereocenters. The van der Waals surface area contributed by atoms with Gasteiger partial charge in [-0.25, -0.2) is 0 Å². The number of hydrogen-bond donors (Lipinski definition) is 1. The number of unbranched alkanes of at least 4 members (excludes halogenated alkanes) is 1. The minimum Gasteiger partial charge on any atom is -0.398 e. The number of nitrogens with two attached hydrogens (primary N) is 1. The van der Waals surface area contributed by atoms with Gasteiger partial charge in [-0.05, 0) is 89.1 Å². The van der Waals surface area contributed by atoms with E-state index in [1.54, 1.807) is 6.21 Å². The van der Waals surface area contributed by atoms with Gasteiger partial charge in [-0.3, -0.25) is 4.99 Å². The number of hydrogen-bond acceptors (Lipinski definition) is 7. The van der Waals surface area contributed by atoms with Crippen molar-refractivity contribution in [3.8, 4) is 17.4 Å². The first-order valence-electron chi connectivity index (χ1n) is 16.3. The number of aryl methyl sites for hydroxylation is 1. The molecule has 0 amide bonds. The van der Waals surface area contributed by atoms with Gasteiger partial charge in [-0.1, -0.05) is 74.0 Å². The Morgan fingerprint density at radius 2 is 1.83 bits per heavy atom. The number of ether oxygens (including phenoxy) is 1. The predicted molar refractivity (Wildman–Crippen MR) is 194 cm³/mol. The summed E-state index contributed by atoms with van der Waals surface area (Å²) < 4.78 is 11.4.